The number of hydrogen-bond acceptors (Lipinski definition) is 5. The van der Waals surface area contributed by atoms with E-state index in [1.807, 2.05) is 20.8 Å². The Kier molecular flexibility index (Phi) is 14.5. The fourth-order valence-corrected chi connectivity index (χ4v) is 6.84. The fraction of sp³-hybridized carbons (Fsp3) is 1.00. The van der Waals surface area contributed by atoms with E-state index in [1.54, 1.807) is 0 Å². The SMILES string of the molecule is CCO[Si](CCCSCCCCCCCCC1CO1)(OCC)OCC. The quantitative estimate of drug-likeness (QED) is 0.170. The highest BCUT2D eigenvalue weighted by Crippen LogP contribution is 2.21. The van der Waals surface area contributed by atoms with Gasteiger partial charge in [-0.05, 0) is 51.5 Å². The molecule has 0 bridgehead atoms. The van der Waals surface area contributed by atoms with Crippen LogP contribution in [0.4, 0.5) is 0 Å². The molecule has 0 amide bonds. The first-order valence-electron chi connectivity index (χ1n) is 10.4. The van der Waals surface area contributed by atoms with E-state index in [1.165, 1.54) is 56.5 Å². The maximum Gasteiger partial charge on any atom is 0.500 e. The third-order valence-electron chi connectivity index (χ3n) is 4.33. The summed E-state index contributed by atoms with van der Waals surface area (Å²) in [6.07, 6.45) is 11.3. The molecule has 0 aromatic heterocycles. The average Bonchev–Trinajstić information content (AvgIpc) is 3.41. The predicted octanol–water partition coefficient (Wildman–Crippen LogP) is 5.29. The van der Waals surface area contributed by atoms with Crippen LogP contribution < -0.4 is 0 Å². The largest absolute Gasteiger partial charge is 0.500 e. The Morgan fingerprint density at radius 3 is 1.88 bits per heavy atom. The van der Waals surface area contributed by atoms with Crippen molar-refractivity contribution in [3.05, 3.63) is 0 Å². The van der Waals surface area contributed by atoms with Crippen LogP contribution in [0.3, 0.4) is 0 Å². The molecule has 25 heavy (non-hydrogen) atoms. The molecule has 0 saturated carbocycles. The number of hydrogen-bond donors (Lipinski definition) is 0. The molecule has 1 atom stereocenters. The molecule has 0 N–H and O–H groups in total. The maximum atomic E-state index is 5.90. The molecular weight excluding hydrogens is 352 g/mol. The second-order valence-electron chi connectivity index (χ2n) is 6.56. The molecule has 1 unspecified atom stereocenters. The van der Waals surface area contributed by atoms with E-state index >= 15 is 0 Å². The second kappa shape index (κ2) is 15.5. The minimum Gasteiger partial charge on any atom is -0.374 e. The van der Waals surface area contributed by atoms with Gasteiger partial charge in [0.15, 0.2) is 0 Å². The summed E-state index contributed by atoms with van der Waals surface area (Å²) in [6, 6.07) is 0.945. The first kappa shape index (κ1) is 23.4. The lowest BCUT2D eigenvalue weighted by molar-refractivity contribution is 0.0712. The van der Waals surface area contributed by atoms with E-state index < -0.39 is 8.80 Å². The van der Waals surface area contributed by atoms with Crippen molar-refractivity contribution in [2.24, 2.45) is 0 Å². The second-order valence-corrected chi connectivity index (χ2v) is 10.5. The van der Waals surface area contributed by atoms with Gasteiger partial charge >= 0.3 is 8.80 Å². The van der Waals surface area contributed by atoms with E-state index in [4.69, 9.17) is 18.0 Å². The van der Waals surface area contributed by atoms with Crippen LogP contribution in [0.25, 0.3) is 0 Å². The molecule has 1 fully saturated rings. The van der Waals surface area contributed by atoms with Crippen LogP contribution in [0.5, 0.6) is 0 Å². The molecule has 0 aliphatic carbocycles. The molecule has 0 spiro atoms. The first-order chi connectivity index (χ1) is 12.3. The third-order valence-corrected chi connectivity index (χ3v) is 8.64. The fourth-order valence-electron chi connectivity index (χ4n) is 3.01. The van der Waals surface area contributed by atoms with Gasteiger partial charge in [-0.1, -0.05) is 32.1 Å². The normalized spacial score (nSPS) is 17.2. The molecule has 1 heterocycles. The van der Waals surface area contributed by atoms with Crippen molar-refractivity contribution >= 4 is 20.6 Å². The van der Waals surface area contributed by atoms with Gasteiger partial charge in [0.25, 0.3) is 0 Å². The average molecular weight is 393 g/mol. The lowest BCUT2D eigenvalue weighted by Gasteiger charge is -2.28. The van der Waals surface area contributed by atoms with Gasteiger partial charge in [0.1, 0.15) is 0 Å². The van der Waals surface area contributed by atoms with E-state index in [9.17, 15) is 0 Å². The zero-order valence-electron chi connectivity index (χ0n) is 16.7. The monoisotopic (exact) mass is 392 g/mol. The highest BCUT2D eigenvalue weighted by Gasteiger charge is 2.39. The Morgan fingerprint density at radius 2 is 1.32 bits per heavy atom. The number of thioether (sulfide) groups is 1. The molecular formula is C19H40O4SSi. The smallest absolute Gasteiger partial charge is 0.374 e. The van der Waals surface area contributed by atoms with Crippen molar-refractivity contribution in [2.45, 2.75) is 84.3 Å². The van der Waals surface area contributed by atoms with Crippen molar-refractivity contribution in [1.29, 1.82) is 0 Å². The van der Waals surface area contributed by atoms with E-state index in [2.05, 4.69) is 11.8 Å². The number of rotatable bonds is 19. The van der Waals surface area contributed by atoms with Crippen molar-refractivity contribution in [1.82, 2.24) is 0 Å². The van der Waals surface area contributed by atoms with Crippen molar-refractivity contribution in [3.8, 4) is 0 Å². The van der Waals surface area contributed by atoms with Crippen LogP contribution in [0, 0.1) is 0 Å². The molecule has 0 aromatic carbocycles. The van der Waals surface area contributed by atoms with Crippen LogP contribution in [0.1, 0.15) is 72.1 Å². The van der Waals surface area contributed by atoms with Gasteiger partial charge in [-0.25, -0.2) is 0 Å². The number of ether oxygens (including phenoxy) is 1. The van der Waals surface area contributed by atoms with Gasteiger partial charge in [-0.15, -0.1) is 0 Å². The molecule has 1 saturated heterocycles. The van der Waals surface area contributed by atoms with E-state index in [-0.39, 0.29) is 0 Å². The Morgan fingerprint density at radius 1 is 0.800 bits per heavy atom. The summed E-state index contributed by atoms with van der Waals surface area (Å²) in [7, 11) is -2.42. The van der Waals surface area contributed by atoms with Gasteiger partial charge in [0.05, 0.1) is 12.7 Å². The molecule has 6 heteroatoms. The Balaban J connectivity index is 1.92. The summed E-state index contributed by atoms with van der Waals surface area (Å²) >= 11 is 2.07. The molecule has 1 rings (SSSR count). The van der Waals surface area contributed by atoms with Crippen LogP contribution in [0.15, 0.2) is 0 Å². The summed E-state index contributed by atoms with van der Waals surface area (Å²) in [5.74, 6) is 2.46. The molecule has 0 aromatic rings. The minimum absolute atomic E-state index is 0.617. The number of epoxide rings is 1. The summed E-state index contributed by atoms with van der Waals surface area (Å²) in [4.78, 5) is 0. The highest BCUT2D eigenvalue weighted by atomic mass is 32.2. The lowest BCUT2D eigenvalue weighted by atomic mass is 10.1. The lowest BCUT2D eigenvalue weighted by Crippen LogP contribution is -2.46. The van der Waals surface area contributed by atoms with E-state index in [0.717, 1.165) is 19.1 Å². The van der Waals surface area contributed by atoms with Gasteiger partial charge in [-0.2, -0.15) is 11.8 Å². The zero-order chi connectivity index (χ0) is 18.2. The zero-order valence-corrected chi connectivity index (χ0v) is 18.5. The Labute approximate surface area is 161 Å². The van der Waals surface area contributed by atoms with Crippen LogP contribution in [-0.4, -0.2) is 52.8 Å². The van der Waals surface area contributed by atoms with Crippen LogP contribution in [-0.2, 0) is 18.0 Å². The minimum atomic E-state index is -2.42. The predicted molar refractivity (Wildman–Crippen MR) is 109 cm³/mol. The standard InChI is InChI=1S/C19H40O4SSi/c1-4-21-25(22-5-2,23-6-3)17-13-16-24-15-12-10-8-7-9-11-14-19-18-20-19/h19H,4-18H2,1-3H3. The summed E-state index contributed by atoms with van der Waals surface area (Å²) in [5, 5.41) is 0. The molecule has 0 radical (unpaired) electrons. The van der Waals surface area contributed by atoms with Gasteiger partial charge < -0.3 is 18.0 Å². The molecule has 150 valence electrons. The van der Waals surface area contributed by atoms with Crippen LogP contribution >= 0.6 is 11.8 Å². The first-order valence-corrected chi connectivity index (χ1v) is 13.5. The van der Waals surface area contributed by atoms with Crippen LogP contribution in [0.2, 0.25) is 6.04 Å². The van der Waals surface area contributed by atoms with Crippen molar-refractivity contribution in [3.63, 3.8) is 0 Å². The Bertz CT molecular complexity index is 286. The van der Waals surface area contributed by atoms with Gasteiger partial charge in [0, 0.05) is 25.9 Å². The topological polar surface area (TPSA) is 40.2 Å². The van der Waals surface area contributed by atoms with Crippen molar-refractivity contribution in [2.75, 3.05) is 37.9 Å². The van der Waals surface area contributed by atoms with Gasteiger partial charge in [0.2, 0.25) is 0 Å². The molecule has 1 aliphatic rings. The maximum absolute atomic E-state index is 5.90. The third kappa shape index (κ3) is 12.4. The Hall–Kier alpha value is 0.407. The highest BCUT2D eigenvalue weighted by molar-refractivity contribution is 7.99. The number of unbranched alkanes of at least 4 members (excludes halogenated alkanes) is 5. The summed E-state index contributed by atoms with van der Waals surface area (Å²) < 4.78 is 22.9. The van der Waals surface area contributed by atoms with E-state index in [0.29, 0.717) is 25.9 Å². The molecule has 1 aliphatic heterocycles. The summed E-state index contributed by atoms with van der Waals surface area (Å²) in [5.41, 5.74) is 0. The summed E-state index contributed by atoms with van der Waals surface area (Å²) in [6.45, 7) is 9.10. The van der Waals surface area contributed by atoms with Crippen molar-refractivity contribution < 1.29 is 18.0 Å². The molecule has 4 nitrogen and oxygen atoms in total. The van der Waals surface area contributed by atoms with Gasteiger partial charge in [-0.3, -0.25) is 0 Å².